The number of benzene rings is 1. The minimum atomic E-state index is 0.527. The van der Waals surface area contributed by atoms with Gasteiger partial charge in [-0.1, -0.05) is 18.2 Å². The van der Waals surface area contributed by atoms with E-state index in [9.17, 15) is 4.79 Å². The molecule has 0 spiro atoms. The first-order valence-corrected chi connectivity index (χ1v) is 5.29. The zero-order valence-corrected chi connectivity index (χ0v) is 8.57. The summed E-state index contributed by atoms with van der Waals surface area (Å²) in [5, 5.41) is 3.33. The second-order valence-corrected chi connectivity index (χ2v) is 3.79. The molecule has 1 aromatic rings. The zero-order chi connectivity index (χ0) is 10.5. The Morgan fingerprint density at radius 2 is 2.00 bits per heavy atom. The van der Waals surface area contributed by atoms with Crippen LogP contribution in [0.4, 0.5) is 5.69 Å². The lowest BCUT2D eigenvalue weighted by atomic mass is 9.89. The summed E-state index contributed by atoms with van der Waals surface area (Å²) in [6.45, 7) is 2.09. The first kappa shape index (κ1) is 10.1. The Bertz CT molecular complexity index is 377. The van der Waals surface area contributed by atoms with Crippen LogP contribution < -0.4 is 5.32 Å². The summed E-state index contributed by atoms with van der Waals surface area (Å²) >= 11 is 0. The van der Waals surface area contributed by atoms with Gasteiger partial charge in [0.15, 0.2) is 0 Å². The molecule has 1 aliphatic rings. The molecule has 3 heteroatoms. The average Bonchev–Trinajstić information content (AvgIpc) is 2.31. The highest BCUT2D eigenvalue weighted by molar-refractivity contribution is 5.54. The molecule has 0 aliphatic carbocycles. The van der Waals surface area contributed by atoms with E-state index >= 15 is 0 Å². The first-order valence-electron chi connectivity index (χ1n) is 5.29. The van der Waals surface area contributed by atoms with Crippen LogP contribution in [0.25, 0.3) is 0 Å². The molecular weight excluding hydrogens is 188 g/mol. The Morgan fingerprint density at radius 3 is 2.73 bits per heavy atom. The molecular formula is C12H14N2O. The fourth-order valence-corrected chi connectivity index (χ4v) is 2.12. The highest BCUT2D eigenvalue weighted by Gasteiger charge is 2.17. The van der Waals surface area contributed by atoms with E-state index in [1.807, 2.05) is 18.2 Å². The molecule has 0 amide bonds. The predicted molar refractivity (Wildman–Crippen MR) is 59.1 cm³/mol. The fourth-order valence-electron chi connectivity index (χ4n) is 2.12. The van der Waals surface area contributed by atoms with E-state index in [0.717, 1.165) is 31.6 Å². The van der Waals surface area contributed by atoms with Gasteiger partial charge in [-0.15, -0.1) is 0 Å². The highest BCUT2D eigenvalue weighted by Crippen LogP contribution is 2.32. The number of hydrogen-bond acceptors (Lipinski definition) is 3. The molecule has 0 atom stereocenters. The quantitative estimate of drug-likeness (QED) is 0.589. The van der Waals surface area contributed by atoms with E-state index in [1.165, 1.54) is 5.56 Å². The van der Waals surface area contributed by atoms with Crippen LogP contribution in [-0.2, 0) is 4.79 Å². The SMILES string of the molecule is O=C=Nc1ccccc1C1CCNCC1. The molecule has 0 unspecified atom stereocenters. The number of aliphatic imine (C=N–C) groups is 1. The van der Waals surface area contributed by atoms with Crippen molar-refractivity contribution in [3.05, 3.63) is 29.8 Å². The maximum absolute atomic E-state index is 10.3. The van der Waals surface area contributed by atoms with Gasteiger partial charge in [0.1, 0.15) is 0 Å². The third kappa shape index (κ3) is 2.32. The average molecular weight is 202 g/mol. The number of para-hydroxylation sites is 1. The maximum atomic E-state index is 10.3. The van der Waals surface area contributed by atoms with Crippen molar-refractivity contribution < 1.29 is 4.79 Å². The molecule has 0 aromatic heterocycles. The second kappa shape index (κ2) is 4.87. The van der Waals surface area contributed by atoms with E-state index in [2.05, 4.69) is 16.4 Å². The van der Waals surface area contributed by atoms with Gasteiger partial charge in [0.2, 0.25) is 6.08 Å². The largest absolute Gasteiger partial charge is 0.317 e. The third-order valence-corrected chi connectivity index (χ3v) is 2.88. The molecule has 1 aromatic carbocycles. The van der Waals surface area contributed by atoms with Crippen molar-refractivity contribution >= 4 is 11.8 Å². The number of isocyanates is 1. The van der Waals surface area contributed by atoms with Crippen LogP contribution >= 0.6 is 0 Å². The molecule has 1 saturated heterocycles. The Kier molecular flexibility index (Phi) is 3.28. The maximum Gasteiger partial charge on any atom is 0.240 e. The predicted octanol–water partition coefficient (Wildman–Crippen LogP) is 2.12. The Morgan fingerprint density at radius 1 is 1.27 bits per heavy atom. The van der Waals surface area contributed by atoms with Crippen molar-refractivity contribution in [1.29, 1.82) is 0 Å². The molecule has 0 saturated carbocycles. The van der Waals surface area contributed by atoms with Gasteiger partial charge in [0, 0.05) is 0 Å². The van der Waals surface area contributed by atoms with Crippen LogP contribution in [0.15, 0.2) is 29.3 Å². The van der Waals surface area contributed by atoms with E-state index in [4.69, 9.17) is 0 Å². The van der Waals surface area contributed by atoms with Crippen LogP contribution in [0.5, 0.6) is 0 Å². The smallest absolute Gasteiger partial charge is 0.240 e. The summed E-state index contributed by atoms with van der Waals surface area (Å²) in [6, 6.07) is 7.84. The van der Waals surface area contributed by atoms with E-state index in [1.54, 1.807) is 6.08 Å². The summed E-state index contributed by atoms with van der Waals surface area (Å²) in [5.41, 5.74) is 1.96. The number of nitrogens with zero attached hydrogens (tertiary/aromatic N) is 1. The zero-order valence-electron chi connectivity index (χ0n) is 8.57. The van der Waals surface area contributed by atoms with Gasteiger partial charge < -0.3 is 5.32 Å². The summed E-state index contributed by atoms with van der Waals surface area (Å²) < 4.78 is 0. The number of rotatable bonds is 2. The highest BCUT2D eigenvalue weighted by atomic mass is 16.1. The second-order valence-electron chi connectivity index (χ2n) is 3.79. The molecule has 0 bridgehead atoms. The van der Waals surface area contributed by atoms with Gasteiger partial charge in [0.05, 0.1) is 5.69 Å². The molecule has 1 N–H and O–H groups in total. The molecule has 1 fully saturated rings. The lowest BCUT2D eigenvalue weighted by Crippen LogP contribution is -2.26. The topological polar surface area (TPSA) is 41.5 Å². The molecule has 78 valence electrons. The minimum absolute atomic E-state index is 0.527. The summed E-state index contributed by atoms with van der Waals surface area (Å²) in [7, 11) is 0. The standard InChI is InChI=1S/C12H14N2O/c15-9-14-12-4-2-1-3-11(12)10-5-7-13-8-6-10/h1-4,10,13H,5-8H2. The van der Waals surface area contributed by atoms with Crippen molar-refractivity contribution in [2.45, 2.75) is 18.8 Å². The fraction of sp³-hybridized carbons (Fsp3) is 0.417. The van der Waals surface area contributed by atoms with Gasteiger partial charge in [-0.25, -0.2) is 4.79 Å². The summed E-state index contributed by atoms with van der Waals surface area (Å²) in [5.74, 6) is 0.527. The number of carbonyl (C=O) groups excluding carboxylic acids is 1. The van der Waals surface area contributed by atoms with Crippen molar-refractivity contribution in [2.24, 2.45) is 4.99 Å². The monoisotopic (exact) mass is 202 g/mol. The van der Waals surface area contributed by atoms with Gasteiger partial charge in [0.25, 0.3) is 0 Å². The van der Waals surface area contributed by atoms with E-state index in [-0.39, 0.29) is 0 Å². The summed E-state index contributed by atoms with van der Waals surface area (Å²) in [6.07, 6.45) is 3.86. The normalized spacial score (nSPS) is 17.1. The lowest BCUT2D eigenvalue weighted by molar-refractivity contribution is 0.461. The Balaban J connectivity index is 2.28. The lowest BCUT2D eigenvalue weighted by Gasteiger charge is -2.23. The van der Waals surface area contributed by atoms with Gasteiger partial charge >= 0.3 is 0 Å². The van der Waals surface area contributed by atoms with Crippen LogP contribution in [0.2, 0.25) is 0 Å². The van der Waals surface area contributed by atoms with Crippen LogP contribution in [0, 0.1) is 0 Å². The summed E-state index contributed by atoms with van der Waals surface area (Å²) in [4.78, 5) is 14.1. The number of piperidine rings is 1. The minimum Gasteiger partial charge on any atom is -0.317 e. The molecule has 3 nitrogen and oxygen atoms in total. The molecule has 2 rings (SSSR count). The van der Waals surface area contributed by atoms with Crippen molar-refractivity contribution in [2.75, 3.05) is 13.1 Å². The van der Waals surface area contributed by atoms with Crippen LogP contribution in [0.1, 0.15) is 24.3 Å². The van der Waals surface area contributed by atoms with Crippen molar-refractivity contribution in [1.82, 2.24) is 5.32 Å². The van der Waals surface area contributed by atoms with Gasteiger partial charge in [-0.3, -0.25) is 0 Å². The first-order chi connectivity index (χ1) is 7.42. The molecule has 15 heavy (non-hydrogen) atoms. The van der Waals surface area contributed by atoms with Gasteiger partial charge in [-0.2, -0.15) is 4.99 Å². The Labute approximate surface area is 89.2 Å². The van der Waals surface area contributed by atoms with Gasteiger partial charge in [-0.05, 0) is 43.5 Å². The Hall–Kier alpha value is -1.44. The van der Waals surface area contributed by atoms with Crippen molar-refractivity contribution in [3.63, 3.8) is 0 Å². The number of nitrogens with one attached hydrogen (secondary N) is 1. The third-order valence-electron chi connectivity index (χ3n) is 2.88. The van der Waals surface area contributed by atoms with Crippen molar-refractivity contribution in [3.8, 4) is 0 Å². The van der Waals surface area contributed by atoms with E-state index < -0.39 is 0 Å². The molecule has 0 radical (unpaired) electrons. The number of hydrogen-bond donors (Lipinski definition) is 1. The molecule has 1 aliphatic heterocycles. The van der Waals surface area contributed by atoms with Crippen LogP contribution in [-0.4, -0.2) is 19.2 Å². The van der Waals surface area contributed by atoms with Crippen LogP contribution in [0.3, 0.4) is 0 Å². The van der Waals surface area contributed by atoms with E-state index in [0.29, 0.717) is 5.92 Å². The molecule has 1 heterocycles.